The van der Waals surface area contributed by atoms with Crippen molar-refractivity contribution in [3.8, 4) is 5.75 Å². The molecule has 21 heavy (non-hydrogen) atoms. The SMILES string of the molecule is CC1CCC(C)C(O)(C2(CN)CCOc3ccccc32)C1. The number of hydrogen-bond acceptors (Lipinski definition) is 3. The van der Waals surface area contributed by atoms with Gasteiger partial charge in [0.2, 0.25) is 0 Å². The van der Waals surface area contributed by atoms with Gasteiger partial charge in [0.1, 0.15) is 5.75 Å². The Balaban J connectivity index is 2.13. The van der Waals surface area contributed by atoms with E-state index in [-0.39, 0.29) is 11.3 Å². The Morgan fingerprint density at radius 2 is 2.05 bits per heavy atom. The third-order valence-electron chi connectivity index (χ3n) is 5.93. The lowest BCUT2D eigenvalue weighted by Gasteiger charge is -2.55. The highest BCUT2D eigenvalue weighted by Gasteiger charge is 2.57. The molecule has 0 aromatic heterocycles. The van der Waals surface area contributed by atoms with Gasteiger partial charge < -0.3 is 15.6 Å². The quantitative estimate of drug-likeness (QED) is 0.880. The van der Waals surface area contributed by atoms with Crippen molar-refractivity contribution in [3.05, 3.63) is 29.8 Å². The average Bonchev–Trinajstić information content (AvgIpc) is 2.50. The monoisotopic (exact) mass is 289 g/mol. The van der Waals surface area contributed by atoms with Crippen molar-refractivity contribution < 1.29 is 9.84 Å². The van der Waals surface area contributed by atoms with E-state index in [1.807, 2.05) is 18.2 Å². The topological polar surface area (TPSA) is 55.5 Å². The van der Waals surface area contributed by atoms with E-state index in [4.69, 9.17) is 10.5 Å². The average molecular weight is 289 g/mol. The molecule has 0 amide bonds. The molecule has 2 aliphatic rings. The molecule has 1 aromatic rings. The molecular weight excluding hydrogens is 262 g/mol. The van der Waals surface area contributed by atoms with Crippen molar-refractivity contribution in [2.24, 2.45) is 17.6 Å². The zero-order chi connectivity index (χ0) is 15.1. The Kier molecular flexibility index (Phi) is 3.74. The number of benzene rings is 1. The van der Waals surface area contributed by atoms with Crippen LogP contribution in [0, 0.1) is 11.8 Å². The van der Waals surface area contributed by atoms with Crippen LogP contribution in [0.4, 0.5) is 0 Å². The molecule has 1 heterocycles. The molecule has 1 aliphatic carbocycles. The number of fused-ring (bicyclic) bond motifs is 1. The lowest BCUT2D eigenvalue weighted by molar-refractivity contribution is -0.125. The second kappa shape index (κ2) is 5.29. The van der Waals surface area contributed by atoms with Gasteiger partial charge in [-0.25, -0.2) is 0 Å². The summed E-state index contributed by atoms with van der Waals surface area (Å²) in [5.41, 5.74) is 6.24. The number of para-hydroxylation sites is 1. The van der Waals surface area contributed by atoms with Gasteiger partial charge in [-0.2, -0.15) is 0 Å². The number of nitrogens with two attached hydrogens (primary N) is 1. The van der Waals surface area contributed by atoms with Crippen LogP contribution in [0.3, 0.4) is 0 Å². The van der Waals surface area contributed by atoms with Gasteiger partial charge in [0.15, 0.2) is 0 Å². The summed E-state index contributed by atoms with van der Waals surface area (Å²) in [6.45, 7) is 5.53. The van der Waals surface area contributed by atoms with Gasteiger partial charge in [0.25, 0.3) is 0 Å². The Morgan fingerprint density at radius 3 is 2.81 bits per heavy atom. The number of hydrogen-bond donors (Lipinski definition) is 2. The lowest BCUT2D eigenvalue weighted by Crippen LogP contribution is -2.62. The fraction of sp³-hybridized carbons (Fsp3) is 0.667. The van der Waals surface area contributed by atoms with Gasteiger partial charge in [-0.15, -0.1) is 0 Å². The molecule has 3 heteroatoms. The van der Waals surface area contributed by atoms with E-state index in [1.54, 1.807) is 0 Å². The van der Waals surface area contributed by atoms with E-state index >= 15 is 0 Å². The van der Waals surface area contributed by atoms with E-state index in [1.165, 1.54) is 6.42 Å². The highest BCUT2D eigenvalue weighted by Crippen LogP contribution is 2.53. The van der Waals surface area contributed by atoms with Crippen molar-refractivity contribution >= 4 is 0 Å². The zero-order valence-electron chi connectivity index (χ0n) is 13.1. The minimum atomic E-state index is -0.737. The number of ether oxygens (including phenoxy) is 1. The molecule has 116 valence electrons. The van der Waals surface area contributed by atoms with Gasteiger partial charge in [-0.3, -0.25) is 0 Å². The Hall–Kier alpha value is -1.06. The normalized spacial score (nSPS) is 39.4. The highest BCUT2D eigenvalue weighted by atomic mass is 16.5. The maximum Gasteiger partial charge on any atom is 0.123 e. The number of rotatable bonds is 2. The summed E-state index contributed by atoms with van der Waals surface area (Å²) in [4.78, 5) is 0. The summed E-state index contributed by atoms with van der Waals surface area (Å²) in [7, 11) is 0. The predicted octanol–water partition coefficient (Wildman–Crippen LogP) is 2.85. The fourth-order valence-electron chi connectivity index (χ4n) is 4.57. The molecule has 0 saturated heterocycles. The smallest absolute Gasteiger partial charge is 0.123 e. The summed E-state index contributed by atoms with van der Waals surface area (Å²) in [6.07, 6.45) is 3.90. The summed E-state index contributed by atoms with van der Waals surface area (Å²) in [5.74, 6) is 1.71. The van der Waals surface area contributed by atoms with Crippen LogP contribution < -0.4 is 10.5 Å². The van der Waals surface area contributed by atoms with Gasteiger partial charge >= 0.3 is 0 Å². The second-order valence-electron chi connectivity index (χ2n) is 7.09. The van der Waals surface area contributed by atoms with Crippen molar-refractivity contribution in [2.75, 3.05) is 13.2 Å². The van der Waals surface area contributed by atoms with E-state index in [2.05, 4.69) is 19.9 Å². The van der Waals surface area contributed by atoms with Gasteiger partial charge in [-0.05, 0) is 37.2 Å². The van der Waals surface area contributed by atoms with E-state index < -0.39 is 5.60 Å². The van der Waals surface area contributed by atoms with Crippen LogP contribution in [0.1, 0.15) is 45.1 Å². The summed E-state index contributed by atoms with van der Waals surface area (Å²) in [5, 5.41) is 11.7. The second-order valence-corrected chi connectivity index (χ2v) is 7.09. The standard InChI is InChI=1S/C18H27NO2/c1-13-7-8-14(2)18(20,11-13)17(12-19)9-10-21-16-6-4-3-5-15(16)17/h3-6,13-14,20H,7-12,19H2,1-2H3. The molecular formula is C18H27NO2. The van der Waals surface area contributed by atoms with E-state index in [0.29, 0.717) is 19.1 Å². The third-order valence-corrected chi connectivity index (χ3v) is 5.93. The van der Waals surface area contributed by atoms with E-state index in [0.717, 1.165) is 30.6 Å². The molecule has 0 spiro atoms. The van der Waals surface area contributed by atoms with Gasteiger partial charge in [-0.1, -0.05) is 38.5 Å². The number of aliphatic hydroxyl groups is 1. The minimum absolute atomic E-state index is 0.267. The van der Waals surface area contributed by atoms with Crippen molar-refractivity contribution in [1.82, 2.24) is 0 Å². The summed E-state index contributed by atoms with van der Waals surface area (Å²) < 4.78 is 5.81. The van der Waals surface area contributed by atoms with Crippen LogP contribution in [-0.2, 0) is 5.41 Å². The molecule has 4 atom stereocenters. The van der Waals surface area contributed by atoms with Crippen LogP contribution >= 0.6 is 0 Å². The Morgan fingerprint density at radius 1 is 1.29 bits per heavy atom. The molecule has 1 saturated carbocycles. The van der Waals surface area contributed by atoms with Crippen LogP contribution in [0.5, 0.6) is 5.75 Å². The molecule has 3 N–H and O–H groups in total. The van der Waals surface area contributed by atoms with Crippen molar-refractivity contribution in [3.63, 3.8) is 0 Å². The molecule has 1 fully saturated rings. The molecule has 3 nitrogen and oxygen atoms in total. The molecule has 0 bridgehead atoms. The fourth-order valence-corrected chi connectivity index (χ4v) is 4.57. The minimum Gasteiger partial charge on any atom is -0.493 e. The summed E-state index contributed by atoms with van der Waals surface area (Å²) >= 11 is 0. The first-order valence-electron chi connectivity index (χ1n) is 8.18. The van der Waals surface area contributed by atoms with Crippen molar-refractivity contribution in [2.45, 2.75) is 50.5 Å². The van der Waals surface area contributed by atoms with Gasteiger partial charge in [0, 0.05) is 17.5 Å². The Labute approximate surface area is 127 Å². The Bertz CT molecular complexity index is 518. The summed E-state index contributed by atoms with van der Waals surface area (Å²) in [6, 6.07) is 8.10. The highest BCUT2D eigenvalue weighted by molar-refractivity contribution is 5.44. The molecule has 1 aromatic carbocycles. The molecule has 4 unspecified atom stereocenters. The first-order chi connectivity index (χ1) is 10.0. The van der Waals surface area contributed by atoms with E-state index in [9.17, 15) is 5.11 Å². The van der Waals surface area contributed by atoms with Crippen molar-refractivity contribution in [1.29, 1.82) is 0 Å². The molecule has 0 radical (unpaired) electrons. The maximum atomic E-state index is 11.7. The van der Waals surface area contributed by atoms with Gasteiger partial charge in [0.05, 0.1) is 12.2 Å². The first-order valence-corrected chi connectivity index (χ1v) is 8.18. The maximum absolute atomic E-state index is 11.7. The first kappa shape index (κ1) is 14.9. The molecule has 1 aliphatic heterocycles. The zero-order valence-corrected chi connectivity index (χ0v) is 13.1. The van der Waals surface area contributed by atoms with Crippen LogP contribution in [0.15, 0.2) is 24.3 Å². The third kappa shape index (κ3) is 2.09. The molecule has 3 rings (SSSR count). The lowest BCUT2D eigenvalue weighted by atomic mass is 9.54. The largest absolute Gasteiger partial charge is 0.493 e. The predicted molar refractivity (Wildman–Crippen MR) is 84.4 cm³/mol. The van der Waals surface area contributed by atoms with Crippen LogP contribution in [-0.4, -0.2) is 23.9 Å². The van der Waals surface area contributed by atoms with Crippen LogP contribution in [0.25, 0.3) is 0 Å². The van der Waals surface area contributed by atoms with Crippen LogP contribution in [0.2, 0.25) is 0 Å².